The summed E-state index contributed by atoms with van der Waals surface area (Å²) in [6, 6.07) is 6.24. The molecule has 1 aromatic carbocycles. The summed E-state index contributed by atoms with van der Waals surface area (Å²) in [4.78, 5) is 10.9. The third-order valence-electron chi connectivity index (χ3n) is 1.80. The minimum atomic E-state index is -2.88. The quantitative estimate of drug-likeness (QED) is 0.799. The van der Waals surface area contributed by atoms with E-state index >= 15 is 0 Å². The second-order valence-electron chi connectivity index (χ2n) is 2.86. The van der Waals surface area contributed by atoms with Crippen LogP contribution in [-0.4, -0.2) is 19.6 Å². The minimum Gasteiger partial charge on any atom is -0.434 e. The van der Waals surface area contributed by atoms with E-state index in [-0.39, 0.29) is 11.7 Å². The number of ether oxygens (including phenoxy) is 1. The summed E-state index contributed by atoms with van der Waals surface area (Å²) in [7, 11) is 1.48. The topological polar surface area (TPSA) is 38.3 Å². The molecule has 0 bridgehead atoms. The number of halogens is 2. The number of para-hydroxylation sites is 1. The van der Waals surface area contributed by atoms with Gasteiger partial charge in [-0.2, -0.15) is 8.78 Å². The van der Waals surface area contributed by atoms with Crippen LogP contribution in [0.3, 0.4) is 0 Å². The Bertz CT molecular complexity index is 391. The van der Waals surface area contributed by atoms with E-state index in [1.807, 2.05) is 0 Å². The number of nitrogens with one attached hydrogen (secondary N) is 1. The highest BCUT2D eigenvalue weighted by atomic mass is 19.3. The molecule has 5 heteroatoms. The lowest BCUT2D eigenvalue weighted by atomic mass is 10.2. The standard InChI is InChI=1S/C11H11F2NO2/c1-14-10(15)7-6-8-4-2-3-5-9(8)16-11(12)13/h2-7,11H,1H3,(H,14,15)/b7-6+. The molecule has 1 aromatic rings. The van der Waals surface area contributed by atoms with Crippen LogP contribution < -0.4 is 10.1 Å². The molecule has 0 aliphatic carbocycles. The zero-order valence-electron chi connectivity index (χ0n) is 8.61. The van der Waals surface area contributed by atoms with Crippen molar-refractivity contribution in [2.75, 3.05) is 7.05 Å². The summed E-state index contributed by atoms with van der Waals surface area (Å²) in [6.07, 6.45) is 2.66. The number of carbonyl (C=O) groups is 1. The van der Waals surface area contributed by atoms with Crippen molar-refractivity contribution < 1.29 is 18.3 Å². The van der Waals surface area contributed by atoms with Crippen LogP contribution in [0.5, 0.6) is 5.75 Å². The van der Waals surface area contributed by atoms with Crippen LogP contribution in [0.4, 0.5) is 8.78 Å². The maximum Gasteiger partial charge on any atom is 0.387 e. The first kappa shape index (κ1) is 12.2. The number of hydrogen-bond acceptors (Lipinski definition) is 2. The first-order valence-corrected chi connectivity index (χ1v) is 4.57. The lowest BCUT2D eigenvalue weighted by Crippen LogP contribution is -2.13. The number of hydrogen-bond donors (Lipinski definition) is 1. The van der Waals surface area contributed by atoms with Gasteiger partial charge in [0.05, 0.1) is 0 Å². The van der Waals surface area contributed by atoms with Gasteiger partial charge in [-0.1, -0.05) is 18.2 Å². The first-order chi connectivity index (χ1) is 7.63. The van der Waals surface area contributed by atoms with Gasteiger partial charge in [0.25, 0.3) is 0 Å². The summed E-state index contributed by atoms with van der Waals surface area (Å²) in [5.41, 5.74) is 0.423. The predicted octanol–water partition coefficient (Wildman–Crippen LogP) is 2.05. The van der Waals surface area contributed by atoms with E-state index in [0.717, 1.165) is 0 Å². The molecular weight excluding hydrogens is 216 g/mol. The Morgan fingerprint density at radius 2 is 2.12 bits per heavy atom. The summed E-state index contributed by atoms with van der Waals surface area (Å²) in [6.45, 7) is -2.88. The van der Waals surface area contributed by atoms with Gasteiger partial charge in [-0.3, -0.25) is 4.79 Å². The molecule has 0 fully saturated rings. The van der Waals surface area contributed by atoms with Crippen molar-refractivity contribution in [2.45, 2.75) is 6.61 Å². The highest BCUT2D eigenvalue weighted by Crippen LogP contribution is 2.21. The summed E-state index contributed by atoms with van der Waals surface area (Å²) in [5, 5.41) is 2.38. The van der Waals surface area contributed by atoms with Crippen molar-refractivity contribution >= 4 is 12.0 Å². The molecule has 1 N–H and O–H groups in total. The Balaban J connectivity index is 2.86. The van der Waals surface area contributed by atoms with Crippen LogP contribution in [0.2, 0.25) is 0 Å². The van der Waals surface area contributed by atoms with E-state index < -0.39 is 6.61 Å². The van der Waals surface area contributed by atoms with Gasteiger partial charge in [-0.25, -0.2) is 0 Å². The fraction of sp³-hybridized carbons (Fsp3) is 0.182. The molecule has 0 unspecified atom stereocenters. The van der Waals surface area contributed by atoms with Crippen LogP contribution in [0, 0.1) is 0 Å². The highest BCUT2D eigenvalue weighted by Gasteiger charge is 2.06. The van der Waals surface area contributed by atoms with Crippen LogP contribution >= 0.6 is 0 Å². The lowest BCUT2D eigenvalue weighted by Gasteiger charge is -2.06. The van der Waals surface area contributed by atoms with Crippen molar-refractivity contribution in [1.82, 2.24) is 5.32 Å². The zero-order chi connectivity index (χ0) is 12.0. The monoisotopic (exact) mass is 227 g/mol. The molecule has 0 saturated carbocycles. The molecule has 0 saturated heterocycles. The van der Waals surface area contributed by atoms with Crippen molar-refractivity contribution in [3.8, 4) is 5.75 Å². The first-order valence-electron chi connectivity index (χ1n) is 4.57. The van der Waals surface area contributed by atoms with Gasteiger partial charge in [0.1, 0.15) is 5.75 Å². The molecule has 0 aliphatic heterocycles. The number of carbonyl (C=O) groups excluding carboxylic acids is 1. The highest BCUT2D eigenvalue weighted by molar-refractivity contribution is 5.91. The molecule has 3 nitrogen and oxygen atoms in total. The van der Waals surface area contributed by atoms with Crippen LogP contribution in [0.1, 0.15) is 5.56 Å². The maximum atomic E-state index is 12.0. The van der Waals surface area contributed by atoms with E-state index in [2.05, 4.69) is 10.1 Å². The van der Waals surface area contributed by atoms with Gasteiger partial charge in [0, 0.05) is 18.7 Å². The fourth-order valence-corrected chi connectivity index (χ4v) is 1.07. The molecule has 0 radical (unpaired) electrons. The summed E-state index contributed by atoms with van der Waals surface area (Å²) < 4.78 is 28.4. The van der Waals surface area contributed by atoms with E-state index in [0.29, 0.717) is 5.56 Å². The van der Waals surface area contributed by atoms with E-state index in [1.165, 1.54) is 25.3 Å². The smallest absolute Gasteiger partial charge is 0.387 e. The van der Waals surface area contributed by atoms with Crippen molar-refractivity contribution in [3.63, 3.8) is 0 Å². The van der Waals surface area contributed by atoms with Crippen LogP contribution in [-0.2, 0) is 4.79 Å². The molecule has 1 amide bonds. The maximum absolute atomic E-state index is 12.0. The van der Waals surface area contributed by atoms with E-state index in [4.69, 9.17) is 0 Å². The number of likely N-dealkylation sites (N-methyl/N-ethyl adjacent to an activating group) is 1. The number of amides is 1. The van der Waals surface area contributed by atoms with Gasteiger partial charge in [-0.15, -0.1) is 0 Å². The largest absolute Gasteiger partial charge is 0.434 e. The normalized spacial score (nSPS) is 10.8. The SMILES string of the molecule is CNC(=O)/C=C/c1ccccc1OC(F)F. The molecule has 0 aromatic heterocycles. The van der Waals surface area contributed by atoms with Crippen molar-refractivity contribution in [1.29, 1.82) is 0 Å². The molecule has 16 heavy (non-hydrogen) atoms. The summed E-state index contributed by atoms with van der Waals surface area (Å²) in [5.74, 6) is -0.274. The van der Waals surface area contributed by atoms with Gasteiger partial charge in [0.2, 0.25) is 5.91 Å². The third kappa shape index (κ3) is 3.68. The molecule has 86 valence electrons. The fourth-order valence-electron chi connectivity index (χ4n) is 1.07. The second-order valence-corrected chi connectivity index (χ2v) is 2.86. The lowest BCUT2D eigenvalue weighted by molar-refractivity contribution is -0.115. The van der Waals surface area contributed by atoms with Crippen LogP contribution in [0.15, 0.2) is 30.3 Å². The Labute approximate surface area is 91.7 Å². The molecule has 0 atom stereocenters. The predicted molar refractivity (Wildman–Crippen MR) is 56.2 cm³/mol. The van der Waals surface area contributed by atoms with Gasteiger partial charge in [0.15, 0.2) is 0 Å². The molecule has 1 rings (SSSR count). The second kappa shape index (κ2) is 5.85. The Morgan fingerprint density at radius 1 is 1.44 bits per heavy atom. The average Bonchev–Trinajstić information content (AvgIpc) is 2.26. The number of alkyl halides is 2. The third-order valence-corrected chi connectivity index (χ3v) is 1.80. The van der Waals surface area contributed by atoms with Crippen molar-refractivity contribution in [2.24, 2.45) is 0 Å². The van der Waals surface area contributed by atoms with Crippen LogP contribution in [0.25, 0.3) is 6.08 Å². The van der Waals surface area contributed by atoms with Gasteiger partial charge < -0.3 is 10.1 Å². The number of benzene rings is 1. The zero-order valence-corrected chi connectivity index (χ0v) is 8.61. The molecule has 0 aliphatic rings. The van der Waals surface area contributed by atoms with Crippen molar-refractivity contribution in [3.05, 3.63) is 35.9 Å². The van der Waals surface area contributed by atoms with Gasteiger partial charge in [-0.05, 0) is 12.1 Å². The Morgan fingerprint density at radius 3 is 2.75 bits per heavy atom. The molecule has 0 heterocycles. The Hall–Kier alpha value is -1.91. The average molecular weight is 227 g/mol. The van der Waals surface area contributed by atoms with E-state index in [9.17, 15) is 13.6 Å². The molecule has 0 spiro atoms. The summed E-state index contributed by atoms with van der Waals surface area (Å²) >= 11 is 0. The van der Waals surface area contributed by atoms with Gasteiger partial charge >= 0.3 is 6.61 Å². The van der Waals surface area contributed by atoms with E-state index in [1.54, 1.807) is 18.2 Å². The minimum absolute atomic E-state index is 0.0395. The molecular formula is C11H11F2NO2. The number of rotatable bonds is 4. The Kier molecular flexibility index (Phi) is 4.44.